The van der Waals surface area contributed by atoms with Crippen molar-refractivity contribution in [2.24, 2.45) is 0 Å². The Kier molecular flexibility index (Phi) is 4.45. The lowest BCUT2D eigenvalue weighted by Gasteiger charge is -2.18. The Morgan fingerprint density at radius 1 is 1.47 bits per heavy atom. The molecule has 0 saturated carbocycles. The molecule has 1 aromatic carbocycles. The Labute approximate surface area is 99.4 Å². The lowest BCUT2D eigenvalue weighted by atomic mass is 10.1. The van der Waals surface area contributed by atoms with E-state index in [0.29, 0.717) is 11.3 Å². The highest BCUT2D eigenvalue weighted by Crippen LogP contribution is 2.21. The highest BCUT2D eigenvalue weighted by Gasteiger charge is 2.17. The molecule has 2 unspecified atom stereocenters. The van der Waals surface area contributed by atoms with E-state index in [1.165, 1.54) is 20.1 Å². The number of benzene rings is 1. The maximum atomic E-state index is 13.7. The van der Waals surface area contributed by atoms with Crippen molar-refractivity contribution in [3.8, 4) is 5.75 Å². The van der Waals surface area contributed by atoms with Crippen molar-refractivity contribution in [2.45, 2.75) is 25.9 Å². The second-order valence-corrected chi connectivity index (χ2v) is 3.84. The van der Waals surface area contributed by atoms with Crippen LogP contribution in [0.2, 0.25) is 0 Å². The second kappa shape index (κ2) is 5.63. The van der Waals surface area contributed by atoms with Crippen LogP contribution in [0.1, 0.15) is 25.5 Å². The van der Waals surface area contributed by atoms with Crippen LogP contribution >= 0.6 is 0 Å². The molecule has 0 radical (unpaired) electrons. The molecule has 1 aromatic rings. The zero-order valence-electron chi connectivity index (χ0n) is 10.0. The highest BCUT2D eigenvalue weighted by atomic mass is 19.1. The Morgan fingerprint density at radius 3 is 2.59 bits per heavy atom. The molecule has 0 fully saturated rings. The topological polar surface area (TPSA) is 58.6 Å². The van der Waals surface area contributed by atoms with E-state index in [1.807, 2.05) is 0 Å². The van der Waals surface area contributed by atoms with Gasteiger partial charge in [0.1, 0.15) is 17.6 Å². The van der Waals surface area contributed by atoms with Crippen LogP contribution in [0.3, 0.4) is 0 Å². The van der Waals surface area contributed by atoms with Crippen LogP contribution in [0, 0.1) is 5.82 Å². The Morgan fingerprint density at radius 2 is 2.12 bits per heavy atom. The number of hydrogen-bond acceptors (Lipinski definition) is 3. The summed E-state index contributed by atoms with van der Waals surface area (Å²) in [5.41, 5.74) is 0.416. The molecular weight excluding hydrogens is 225 g/mol. The fraction of sp³-hybridized carbons (Fsp3) is 0.417. The number of nitrogens with one attached hydrogen (secondary N) is 1. The van der Waals surface area contributed by atoms with Crippen molar-refractivity contribution in [1.29, 1.82) is 0 Å². The summed E-state index contributed by atoms with van der Waals surface area (Å²) in [4.78, 5) is 10.7. The van der Waals surface area contributed by atoms with Crippen molar-refractivity contribution in [2.75, 3.05) is 7.11 Å². The van der Waals surface area contributed by atoms with Gasteiger partial charge >= 0.3 is 5.97 Å². The summed E-state index contributed by atoms with van der Waals surface area (Å²) in [7, 11) is 1.46. The van der Waals surface area contributed by atoms with Gasteiger partial charge < -0.3 is 9.84 Å². The quantitative estimate of drug-likeness (QED) is 0.827. The van der Waals surface area contributed by atoms with Crippen molar-refractivity contribution in [3.05, 3.63) is 29.6 Å². The van der Waals surface area contributed by atoms with Crippen LogP contribution in [0.25, 0.3) is 0 Å². The maximum absolute atomic E-state index is 13.7. The van der Waals surface area contributed by atoms with E-state index < -0.39 is 17.8 Å². The van der Waals surface area contributed by atoms with Gasteiger partial charge in [-0.15, -0.1) is 0 Å². The predicted molar refractivity (Wildman–Crippen MR) is 61.6 cm³/mol. The monoisotopic (exact) mass is 241 g/mol. The van der Waals surface area contributed by atoms with Crippen molar-refractivity contribution >= 4 is 5.97 Å². The normalized spacial score (nSPS) is 14.1. The third-order valence-corrected chi connectivity index (χ3v) is 2.54. The first kappa shape index (κ1) is 13.4. The smallest absolute Gasteiger partial charge is 0.320 e. The van der Waals surface area contributed by atoms with Crippen molar-refractivity contribution in [3.63, 3.8) is 0 Å². The fourth-order valence-electron chi connectivity index (χ4n) is 1.52. The molecule has 0 amide bonds. The first-order chi connectivity index (χ1) is 7.95. The van der Waals surface area contributed by atoms with Crippen molar-refractivity contribution in [1.82, 2.24) is 5.32 Å². The Balaban J connectivity index is 2.82. The van der Waals surface area contributed by atoms with Crippen LogP contribution in [-0.4, -0.2) is 24.2 Å². The van der Waals surface area contributed by atoms with Crippen LogP contribution in [0.15, 0.2) is 18.2 Å². The number of halogens is 1. The number of aliphatic carboxylic acids is 1. The minimum absolute atomic E-state index is 0.382. The second-order valence-electron chi connectivity index (χ2n) is 3.84. The van der Waals surface area contributed by atoms with Gasteiger partial charge in [0.05, 0.1) is 7.11 Å². The number of carbonyl (C=O) groups is 1. The minimum atomic E-state index is -0.967. The SMILES string of the molecule is COc1ccc(C(C)NC(C)C(=O)O)c(F)c1. The zero-order chi connectivity index (χ0) is 13.0. The van der Waals surface area contributed by atoms with Gasteiger partial charge in [-0.3, -0.25) is 10.1 Å². The molecule has 0 heterocycles. The van der Waals surface area contributed by atoms with Gasteiger partial charge in [0.25, 0.3) is 0 Å². The summed E-state index contributed by atoms with van der Waals surface area (Å²) < 4.78 is 18.6. The number of ether oxygens (including phenoxy) is 1. The minimum Gasteiger partial charge on any atom is -0.497 e. The van der Waals surface area contributed by atoms with Crippen LogP contribution in [0.4, 0.5) is 4.39 Å². The summed E-state index contributed by atoms with van der Waals surface area (Å²) in [5.74, 6) is -0.947. The zero-order valence-corrected chi connectivity index (χ0v) is 10.0. The number of methoxy groups -OCH3 is 1. The lowest BCUT2D eigenvalue weighted by Crippen LogP contribution is -2.35. The maximum Gasteiger partial charge on any atom is 0.320 e. The van der Waals surface area contributed by atoms with Crippen LogP contribution in [-0.2, 0) is 4.79 Å². The Hall–Kier alpha value is -1.62. The largest absolute Gasteiger partial charge is 0.497 e. The molecule has 94 valence electrons. The Bertz CT molecular complexity index is 409. The molecule has 4 nitrogen and oxygen atoms in total. The molecule has 0 aliphatic rings. The fourth-order valence-corrected chi connectivity index (χ4v) is 1.52. The third kappa shape index (κ3) is 3.42. The standard InChI is InChI=1S/C12H16FNO3/c1-7(14-8(2)12(15)16)10-5-4-9(17-3)6-11(10)13/h4-8,14H,1-3H3,(H,15,16). The third-order valence-electron chi connectivity index (χ3n) is 2.54. The summed E-state index contributed by atoms with van der Waals surface area (Å²) in [5, 5.41) is 11.5. The van der Waals surface area contributed by atoms with Crippen LogP contribution in [0.5, 0.6) is 5.75 Å². The van der Waals surface area contributed by atoms with Gasteiger partial charge in [-0.25, -0.2) is 4.39 Å². The van der Waals surface area contributed by atoms with Gasteiger partial charge in [-0.2, -0.15) is 0 Å². The van der Waals surface area contributed by atoms with Gasteiger partial charge in [0.2, 0.25) is 0 Å². The molecule has 0 bridgehead atoms. The molecular formula is C12H16FNO3. The number of carboxylic acid groups (broad SMARTS) is 1. The number of carboxylic acids is 1. The average Bonchev–Trinajstić information content (AvgIpc) is 2.28. The summed E-state index contributed by atoms with van der Waals surface area (Å²) >= 11 is 0. The molecule has 0 aliphatic heterocycles. The van der Waals surface area contributed by atoms with E-state index in [4.69, 9.17) is 9.84 Å². The number of rotatable bonds is 5. The molecule has 0 spiro atoms. The summed E-state index contributed by atoms with van der Waals surface area (Å²) in [6.45, 7) is 3.23. The van der Waals surface area contributed by atoms with Gasteiger partial charge in [0.15, 0.2) is 0 Å². The molecule has 0 saturated heterocycles. The highest BCUT2D eigenvalue weighted by molar-refractivity contribution is 5.72. The predicted octanol–water partition coefficient (Wildman–Crippen LogP) is 1.96. The summed E-state index contributed by atoms with van der Waals surface area (Å²) in [6, 6.07) is 3.39. The molecule has 2 N–H and O–H groups in total. The van der Waals surface area contributed by atoms with Gasteiger partial charge in [0, 0.05) is 17.7 Å². The molecule has 2 atom stereocenters. The van der Waals surface area contributed by atoms with E-state index in [-0.39, 0.29) is 6.04 Å². The molecule has 17 heavy (non-hydrogen) atoms. The van der Waals surface area contributed by atoms with Gasteiger partial charge in [-0.1, -0.05) is 6.07 Å². The summed E-state index contributed by atoms with van der Waals surface area (Å²) in [6.07, 6.45) is 0. The molecule has 0 aromatic heterocycles. The molecule has 5 heteroatoms. The van der Waals surface area contributed by atoms with Crippen LogP contribution < -0.4 is 10.1 Å². The van der Waals surface area contributed by atoms with E-state index in [9.17, 15) is 9.18 Å². The van der Waals surface area contributed by atoms with E-state index >= 15 is 0 Å². The number of hydrogen-bond donors (Lipinski definition) is 2. The van der Waals surface area contributed by atoms with Crippen molar-refractivity contribution < 1.29 is 19.0 Å². The van der Waals surface area contributed by atoms with E-state index in [1.54, 1.807) is 19.1 Å². The van der Waals surface area contributed by atoms with Gasteiger partial charge in [-0.05, 0) is 19.9 Å². The first-order valence-corrected chi connectivity index (χ1v) is 5.28. The van der Waals surface area contributed by atoms with E-state index in [0.717, 1.165) is 0 Å². The average molecular weight is 241 g/mol. The van der Waals surface area contributed by atoms with E-state index in [2.05, 4.69) is 5.32 Å². The first-order valence-electron chi connectivity index (χ1n) is 5.28. The molecule has 1 rings (SSSR count). The lowest BCUT2D eigenvalue weighted by molar-refractivity contribution is -0.139. The molecule has 0 aliphatic carbocycles.